The van der Waals surface area contributed by atoms with Crippen molar-refractivity contribution in [3.8, 4) is 5.75 Å². The van der Waals surface area contributed by atoms with E-state index in [1.807, 2.05) is 33.9 Å². The van der Waals surface area contributed by atoms with Crippen molar-refractivity contribution in [2.24, 2.45) is 0 Å². The molecule has 2 aromatic heterocycles. The summed E-state index contributed by atoms with van der Waals surface area (Å²) in [5, 5.41) is 7.34. The van der Waals surface area contributed by atoms with Gasteiger partial charge in [0.25, 0.3) is 0 Å². The monoisotopic (exact) mass is 332 g/mol. The number of hydrogen-bond donors (Lipinski definition) is 2. The fourth-order valence-electron chi connectivity index (χ4n) is 2.86. The first-order valence-corrected chi connectivity index (χ1v) is 8.47. The van der Waals surface area contributed by atoms with E-state index in [1.54, 1.807) is 7.11 Å². The van der Waals surface area contributed by atoms with Crippen molar-refractivity contribution in [3.63, 3.8) is 0 Å². The molecule has 3 heterocycles. The number of nitrogens with zero attached hydrogens (tertiary/aromatic N) is 4. The number of nitrogens with one attached hydrogen (secondary N) is 2. The molecule has 1 fully saturated rings. The number of ether oxygens (including phenoxy) is 1. The molecule has 1 aliphatic rings. The molecule has 132 valence electrons. The lowest BCUT2D eigenvalue weighted by atomic mass is 10.2. The number of aromatic nitrogens is 3. The average Bonchev–Trinajstić information content (AvgIpc) is 2.99. The molecular formula is C17H28N6O. The number of anilines is 2. The van der Waals surface area contributed by atoms with Gasteiger partial charge < -0.3 is 20.3 Å². The zero-order chi connectivity index (χ0) is 17.7. The molecule has 0 aromatic carbocycles. The largest absolute Gasteiger partial charge is 0.496 e. The molecular weight excluding hydrogens is 304 g/mol. The Morgan fingerprint density at radius 1 is 1.25 bits per heavy atom. The predicted molar refractivity (Wildman–Crippen MR) is 99.0 cm³/mol. The molecule has 0 saturated carbocycles. The quantitative estimate of drug-likeness (QED) is 0.891. The van der Waals surface area contributed by atoms with Gasteiger partial charge in [0.15, 0.2) is 5.65 Å². The minimum absolute atomic E-state index is 0.374. The topological polar surface area (TPSA) is 75.2 Å². The maximum Gasteiger partial charge on any atom is 0.227 e. The summed E-state index contributed by atoms with van der Waals surface area (Å²) in [6.45, 7) is 8.03. The summed E-state index contributed by atoms with van der Waals surface area (Å²) in [5.74, 6) is 2.07. The van der Waals surface area contributed by atoms with E-state index in [9.17, 15) is 0 Å². The maximum atomic E-state index is 5.45. The SMILES string of the molecule is CC.CNc1nc(NC2CCN(C)C2)nc2nc(C)cc(OC)c12. The van der Waals surface area contributed by atoms with Crippen LogP contribution < -0.4 is 15.4 Å². The molecule has 7 heteroatoms. The van der Waals surface area contributed by atoms with E-state index in [4.69, 9.17) is 4.74 Å². The minimum Gasteiger partial charge on any atom is -0.496 e. The van der Waals surface area contributed by atoms with Crippen LogP contribution in [0.3, 0.4) is 0 Å². The molecule has 2 N–H and O–H groups in total. The van der Waals surface area contributed by atoms with E-state index in [2.05, 4.69) is 37.5 Å². The summed E-state index contributed by atoms with van der Waals surface area (Å²) in [6.07, 6.45) is 1.09. The number of rotatable bonds is 4. The fraction of sp³-hybridized carbons (Fsp3) is 0.588. The van der Waals surface area contributed by atoms with Crippen LogP contribution in [0.1, 0.15) is 26.0 Å². The van der Waals surface area contributed by atoms with Crippen LogP contribution in [0.5, 0.6) is 5.75 Å². The lowest BCUT2D eigenvalue weighted by Gasteiger charge is -2.15. The van der Waals surface area contributed by atoms with Crippen LogP contribution in [0.2, 0.25) is 0 Å². The molecule has 1 unspecified atom stereocenters. The smallest absolute Gasteiger partial charge is 0.227 e. The summed E-state index contributed by atoms with van der Waals surface area (Å²) in [4.78, 5) is 16.0. The first-order chi connectivity index (χ1) is 11.6. The average molecular weight is 332 g/mol. The zero-order valence-corrected chi connectivity index (χ0v) is 15.5. The minimum atomic E-state index is 0.374. The van der Waals surface area contributed by atoms with Crippen LogP contribution in [0.4, 0.5) is 11.8 Å². The van der Waals surface area contributed by atoms with Crippen molar-refractivity contribution in [2.75, 3.05) is 44.9 Å². The van der Waals surface area contributed by atoms with Crippen LogP contribution in [-0.4, -0.2) is 60.2 Å². The van der Waals surface area contributed by atoms with E-state index in [-0.39, 0.29) is 0 Å². The van der Waals surface area contributed by atoms with Gasteiger partial charge in [-0.05, 0) is 26.9 Å². The Morgan fingerprint density at radius 3 is 2.58 bits per heavy atom. The van der Waals surface area contributed by atoms with E-state index in [0.717, 1.165) is 42.2 Å². The van der Waals surface area contributed by atoms with Gasteiger partial charge in [-0.1, -0.05) is 13.8 Å². The van der Waals surface area contributed by atoms with Crippen molar-refractivity contribution in [2.45, 2.75) is 33.2 Å². The highest BCUT2D eigenvalue weighted by atomic mass is 16.5. The molecule has 2 aromatic rings. The zero-order valence-electron chi connectivity index (χ0n) is 15.5. The van der Waals surface area contributed by atoms with Crippen molar-refractivity contribution in [1.29, 1.82) is 0 Å². The van der Waals surface area contributed by atoms with Gasteiger partial charge in [-0.2, -0.15) is 9.97 Å². The number of fused-ring (bicyclic) bond motifs is 1. The number of aryl methyl sites for hydroxylation is 1. The highest BCUT2D eigenvalue weighted by Gasteiger charge is 2.21. The van der Waals surface area contributed by atoms with E-state index in [0.29, 0.717) is 17.6 Å². The van der Waals surface area contributed by atoms with Crippen molar-refractivity contribution < 1.29 is 4.74 Å². The lowest BCUT2D eigenvalue weighted by Crippen LogP contribution is -2.24. The van der Waals surface area contributed by atoms with Gasteiger partial charge in [0.05, 0.1) is 7.11 Å². The molecule has 0 spiro atoms. The van der Waals surface area contributed by atoms with Gasteiger partial charge in [0.1, 0.15) is 17.0 Å². The molecule has 1 atom stereocenters. The predicted octanol–water partition coefficient (Wildman–Crippen LogP) is 2.53. The van der Waals surface area contributed by atoms with Gasteiger partial charge in [0.2, 0.25) is 5.95 Å². The summed E-state index contributed by atoms with van der Waals surface area (Å²) in [5.41, 5.74) is 1.52. The molecule has 24 heavy (non-hydrogen) atoms. The lowest BCUT2D eigenvalue weighted by molar-refractivity contribution is 0.414. The molecule has 7 nitrogen and oxygen atoms in total. The normalized spacial score (nSPS) is 17.3. The van der Waals surface area contributed by atoms with Crippen LogP contribution >= 0.6 is 0 Å². The molecule has 3 rings (SSSR count). The second-order valence-corrected chi connectivity index (χ2v) is 5.70. The summed E-state index contributed by atoms with van der Waals surface area (Å²) < 4.78 is 5.45. The number of methoxy groups -OCH3 is 1. The number of pyridine rings is 1. The summed E-state index contributed by atoms with van der Waals surface area (Å²) >= 11 is 0. The number of likely N-dealkylation sites (tertiary alicyclic amines) is 1. The van der Waals surface area contributed by atoms with Gasteiger partial charge in [0, 0.05) is 31.4 Å². The highest BCUT2D eigenvalue weighted by molar-refractivity contribution is 5.93. The molecule has 0 aliphatic carbocycles. The Labute approximate surface area is 143 Å². The Bertz CT molecular complexity index is 690. The second kappa shape index (κ2) is 8.10. The molecule has 0 amide bonds. The maximum absolute atomic E-state index is 5.45. The molecule has 1 aliphatic heterocycles. The third kappa shape index (κ3) is 3.84. The van der Waals surface area contributed by atoms with E-state index >= 15 is 0 Å². The first-order valence-electron chi connectivity index (χ1n) is 8.47. The van der Waals surface area contributed by atoms with Crippen LogP contribution in [-0.2, 0) is 0 Å². The van der Waals surface area contributed by atoms with Crippen LogP contribution in [0, 0.1) is 6.92 Å². The summed E-state index contributed by atoms with van der Waals surface area (Å²) in [6, 6.07) is 2.27. The van der Waals surface area contributed by atoms with Gasteiger partial charge in [-0.3, -0.25) is 0 Å². The van der Waals surface area contributed by atoms with E-state index < -0.39 is 0 Å². The van der Waals surface area contributed by atoms with Crippen LogP contribution in [0.25, 0.3) is 11.0 Å². The van der Waals surface area contributed by atoms with Gasteiger partial charge in [-0.15, -0.1) is 0 Å². The molecule has 0 radical (unpaired) electrons. The number of likely N-dealkylation sites (N-methyl/N-ethyl adjacent to an activating group) is 1. The van der Waals surface area contributed by atoms with Crippen LogP contribution in [0.15, 0.2) is 6.07 Å². The van der Waals surface area contributed by atoms with Gasteiger partial charge >= 0.3 is 0 Å². The van der Waals surface area contributed by atoms with E-state index in [1.165, 1.54) is 0 Å². The Morgan fingerprint density at radius 2 is 2.00 bits per heavy atom. The third-order valence-corrected chi connectivity index (χ3v) is 3.94. The highest BCUT2D eigenvalue weighted by Crippen LogP contribution is 2.30. The van der Waals surface area contributed by atoms with Crippen molar-refractivity contribution in [1.82, 2.24) is 19.9 Å². The third-order valence-electron chi connectivity index (χ3n) is 3.94. The van der Waals surface area contributed by atoms with Crippen molar-refractivity contribution >= 4 is 22.8 Å². The second-order valence-electron chi connectivity index (χ2n) is 5.70. The van der Waals surface area contributed by atoms with Gasteiger partial charge in [-0.25, -0.2) is 4.98 Å². The Kier molecular flexibility index (Phi) is 6.14. The van der Waals surface area contributed by atoms with Crippen molar-refractivity contribution in [3.05, 3.63) is 11.8 Å². The number of hydrogen-bond acceptors (Lipinski definition) is 7. The fourth-order valence-corrected chi connectivity index (χ4v) is 2.86. The Hall–Kier alpha value is -2.15. The molecule has 1 saturated heterocycles. The molecule has 0 bridgehead atoms. The first kappa shape index (κ1) is 18.2. The standard InChI is InChI=1S/C15H22N6O.C2H6/c1-9-7-11(22-4)12-13(16-2)19-15(20-14(12)17-9)18-10-5-6-21(3)8-10;1-2/h7,10H,5-6,8H2,1-4H3,(H2,16,17,18,19,20);1-2H3. The Balaban J connectivity index is 0.00000100. The summed E-state index contributed by atoms with van der Waals surface area (Å²) in [7, 11) is 5.61.